The van der Waals surface area contributed by atoms with E-state index < -0.39 is 6.09 Å². The molecule has 3 aromatic rings. The Morgan fingerprint density at radius 2 is 1.65 bits per heavy atom. The van der Waals surface area contributed by atoms with Crippen LogP contribution >= 0.6 is 23.2 Å². The molecule has 3 rings (SSSR count). The topological polar surface area (TPSA) is 64.6 Å². The molecule has 0 N–H and O–H groups in total. The Hall–Kier alpha value is -2.83. The van der Waals surface area contributed by atoms with Crippen LogP contribution in [0, 0.1) is 0 Å². The summed E-state index contributed by atoms with van der Waals surface area (Å²) >= 11 is 11.8. The zero-order valence-electron chi connectivity index (χ0n) is 13.6. The van der Waals surface area contributed by atoms with Crippen LogP contribution in [0.15, 0.2) is 60.9 Å². The van der Waals surface area contributed by atoms with Crippen molar-refractivity contribution in [3.63, 3.8) is 0 Å². The Bertz CT molecular complexity index is 905. The Kier molecular flexibility index (Phi) is 5.55. The van der Waals surface area contributed by atoms with Crippen LogP contribution in [0.1, 0.15) is 0 Å². The Labute approximate surface area is 159 Å². The molecule has 2 aromatic carbocycles. The third kappa shape index (κ3) is 4.41. The molecule has 0 atom stereocenters. The van der Waals surface area contributed by atoms with Gasteiger partial charge in [-0.15, -0.1) is 0 Å². The van der Waals surface area contributed by atoms with E-state index in [1.165, 1.54) is 17.3 Å². The first-order valence-electron chi connectivity index (χ1n) is 7.48. The van der Waals surface area contributed by atoms with E-state index in [1.807, 2.05) is 18.2 Å². The molecule has 1 amide bonds. The molecule has 1 aromatic heterocycles. The van der Waals surface area contributed by atoms with Gasteiger partial charge in [-0.3, -0.25) is 4.90 Å². The fraction of sp³-hybridized carbons (Fsp3) is 0.0556. The number of para-hydroxylation sites is 1. The first-order chi connectivity index (χ1) is 12.5. The summed E-state index contributed by atoms with van der Waals surface area (Å²) < 4.78 is 10.7. The van der Waals surface area contributed by atoms with Crippen LogP contribution in [0.2, 0.25) is 10.0 Å². The molecule has 0 radical (unpaired) electrons. The van der Waals surface area contributed by atoms with Crippen LogP contribution in [-0.2, 0) is 0 Å². The lowest BCUT2D eigenvalue weighted by Crippen LogP contribution is -2.29. The summed E-state index contributed by atoms with van der Waals surface area (Å²) in [5.41, 5.74) is 0.692. The predicted octanol–water partition coefficient (Wildman–Crippen LogP) is 5.21. The van der Waals surface area contributed by atoms with Crippen molar-refractivity contribution in [2.24, 2.45) is 0 Å². The number of halogens is 2. The van der Waals surface area contributed by atoms with E-state index in [4.69, 9.17) is 32.7 Å². The van der Waals surface area contributed by atoms with Crippen LogP contribution in [-0.4, -0.2) is 23.1 Å². The quantitative estimate of drug-likeness (QED) is 0.612. The molecule has 0 bridgehead atoms. The molecule has 0 aliphatic heterocycles. The summed E-state index contributed by atoms with van der Waals surface area (Å²) in [4.78, 5) is 21.4. The van der Waals surface area contributed by atoms with Crippen molar-refractivity contribution in [1.29, 1.82) is 0 Å². The summed E-state index contributed by atoms with van der Waals surface area (Å²) in [5.74, 6) is 0.844. The standard InChI is InChI=1S/C18H13Cl2N3O3/c1-23(12-5-3-2-4-6-12)18(24)26-17-21-10-14(11-22-17)25-13-7-8-15(19)16(20)9-13/h2-11H,1H3. The number of carbonyl (C=O) groups excluding carboxylic acids is 1. The maximum atomic E-state index is 12.1. The fourth-order valence-corrected chi connectivity index (χ4v) is 2.28. The number of anilines is 1. The van der Waals surface area contributed by atoms with Crippen molar-refractivity contribution in [2.45, 2.75) is 0 Å². The highest BCUT2D eigenvalue weighted by molar-refractivity contribution is 6.42. The van der Waals surface area contributed by atoms with E-state index in [-0.39, 0.29) is 6.01 Å². The van der Waals surface area contributed by atoms with Gasteiger partial charge in [0.15, 0.2) is 5.75 Å². The number of rotatable bonds is 4. The summed E-state index contributed by atoms with van der Waals surface area (Å²) in [6.07, 6.45) is 2.18. The van der Waals surface area contributed by atoms with Crippen LogP contribution in [0.5, 0.6) is 17.5 Å². The summed E-state index contributed by atoms with van der Waals surface area (Å²) in [6, 6.07) is 13.9. The van der Waals surface area contributed by atoms with Gasteiger partial charge < -0.3 is 9.47 Å². The molecule has 0 unspecified atom stereocenters. The molecule has 0 saturated heterocycles. The van der Waals surface area contributed by atoms with Crippen molar-refractivity contribution in [2.75, 3.05) is 11.9 Å². The van der Waals surface area contributed by atoms with Crippen LogP contribution in [0.4, 0.5) is 10.5 Å². The third-order valence-corrected chi connectivity index (χ3v) is 4.07. The van der Waals surface area contributed by atoms with Gasteiger partial charge >= 0.3 is 12.1 Å². The van der Waals surface area contributed by atoms with Crippen molar-refractivity contribution in [3.8, 4) is 17.5 Å². The smallest absolute Gasteiger partial charge is 0.421 e. The first kappa shape index (κ1) is 18.0. The minimum atomic E-state index is -0.602. The van der Waals surface area contributed by atoms with Gasteiger partial charge in [-0.25, -0.2) is 4.79 Å². The number of hydrogen-bond donors (Lipinski definition) is 0. The maximum Gasteiger partial charge on any atom is 0.421 e. The average molecular weight is 390 g/mol. The number of carbonyl (C=O) groups is 1. The highest BCUT2D eigenvalue weighted by Crippen LogP contribution is 2.29. The second-order valence-corrected chi connectivity index (χ2v) is 5.96. The van der Waals surface area contributed by atoms with E-state index in [9.17, 15) is 4.79 Å². The fourth-order valence-electron chi connectivity index (χ4n) is 1.99. The molecule has 26 heavy (non-hydrogen) atoms. The van der Waals surface area contributed by atoms with Crippen LogP contribution < -0.4 is 14.4 Å². The minimum absolute atomic E-state index is 0.0840. The van der Waals surface area contributed by atoms with Gasteiger partial charge in [-0.1, -0.05) is 41.4 Å². The van der Waals surface area contributed by atoms with Crippen molar-refractivity contribution >= 4 is 35.0 Å². The Balaban J connectivity index is 1.64. The van der Waals surface area contributed by atoms with Crippen molar-refractivity contribution in [3.05, 3.63) is 71.0 Å². The van der Waals surface area contributed by atoms with Gasteiger partial charge in [0.05, 0.1) is 22.4 Å². The molecule has 1 heterocycles. The summed E-state index contributed by atoms with van der Waals surface area (Å²) in [5, 5.41) is 0.805. The lowest BCUT2D eigenvalue weighted by atomic mass is 10.3. The van der Waals surface area contributed by atoms with Crippen LogP contribution in [0.3, 0.4) is 0 Å². The van der Waals surface area contributed by atoms with Crippen LogP contribution in [0.25, 0.3) is 0 Å². The van der Waals surface area contributed by atoms with Gasteiger partial charge in [-0.05, 0) is 24.3 Å². The van der Waals surface area contributed by atoms with Gasteiger partial charge in [0.2, 0.25) is 0 Å². The zero-order valence-corrected chi connectivity index (χ0v) is 15.1. The Morgan fingerprint density at radius 1 is 0.962 bits per heavy atom. The normalized spacial score (nSPS) is 10.3. The molecule has 0 fully saturated rings. The lowest BCUT2D eigenvalue weighted by molar-refractivity contribution is 0.205. The predicted molar refractivity (Wildman–Crippen MR) is 99.4 cm³/mol. The third-order valence-electron chi connectivity index (χ3n) is 3.33. The Morgan fingerprint density at radius 3 is 2.31 bits per heavy atom. The average Bonchev–Trinajstić information content (AvgIpc) is 2.66. The number of hydrogen-bond acceptors (Lipinski definition) is 5. The van der Waals surface area contributed by atoms with Gasteiger partial charge in [-0.2, -0.15) is 9.97 Å². The second-order valence-electron chi connectivity index (χ2n) is 5.14. The van der Waals surface area contributed by atoms with Gasteiger partial charge in [0, 0.05) is 18.8 Å². The minimum Gasteiger partial charge on any atom is -0.454 e. The van der Waals surface area contributed by atoms with Crippen molar-refractivity contribution in [1.82, 2.24) is 9.97 Å². The monoisotopic (exact) mass is 389 g/mol. The number of benzene rings is 2. The SMILES string of the molecule is CN(C(=O)Oc1ncc(Oc2ccc(Cl)c(Cl)c2)cn1)c1ccccc1. The highest BCUT2D eigenvalue weighted by atomic mass is 35.5. The summed E-state index contributed by atoms with van der Waals surface area (Å²) in [6.45, 7) is 0. The zero-order chi connectivity index (χ0) is 18.5. The first-order valence-corrected chi connectivity index (χ1v) is 8.24. The molecule has 0 saturated carbocycles. The van der Waals surface area contributed by atoms with Crippen molar-refractivity contribution < 1.29 is 14.3 Å². The molecular weight excluding hydrogens is 377 g/mol. The highest BCUT2D eigenvalue weighted by Gasteiger charge is 2.14. The molecule has 6 nitrogen and oxygen atoms in total. The van der Waals surface area contributed by atoms with Gasteiger partial charge in [0.1, 0.15) is 5.75 Å². The lowest BCUT2D eigenvalue weighted by Gasteiger charge is -2.15. The number of aromatic nitrogens is 2. The van der Waals surface area contributed by atoms with E-state index in [1.54, 1.807) is 37.4 Å². The van der Waals surface area contributed by atoms with E-state index in [0.29, 0.717) is 27.2 Å². The molecule has 132 valence electrons. The van der Waals surface area contributed by atoms with E-state index >= 15 is 0 Å². The molecule has 0 aliphatic rings. The maximum absolute atomic E-state index is 12.1. The second kappa shape index (κ2) is 8.03. The largest absolute Gasteiger partial charge is 0.454 e. The molecule has 8 heteroatoms. The molecule has 0 aliphatic carbocycles. The van der Waals surface area contributed by atoms with Gasteiger partial charge in [0.25, 0.3) is 0 Å². The summed E-state index contributed by atoms with van der Waals surface area (Å²) in [7, 11) is 1.60. The van der Waals surface area contributed by atoms with E-state index in [0.717, 1.165) is 0 Å². The molecular formula is C18H13Cl2N3O3. The number of nitrogens with zero attached hydrogens (tertiary/aromatic N) is 3. The number of ether oxygens (including phenoxy) is 2. The van der Waals surface area contributed by atoms with E-state index in [2.05, 4.69) is 9.97 Å². The molecule has 0 spiro atoms. The number of amides is 1.